The van der Waals surface area contributed by atoms with Crippen molar-refractivity contribution in [1.29, 1.82) is 0 Å². The lowest BCUT2D eigenvalue weighted by Gasteiger charge is -2.25. The first kappa shape index (κ1) is 19.2. The second-order valence-corrected chi connectivity index (χ2v) is 7.84. The molecule has 0 amide bonds. The van der Waals surface area contributed by atoms with Crippen molar-refractivity contribution in [3.63, 3.8) is 0 Å². The van der Waals surface area contributed by atoms with Crippen LogP contribution in [0, 0.1) is 0 Å². The molecule has 0 bridgehead atoms. The largest absolute Gasteiger partial charge is 0.477 e. The summed E-state index contributed by atoms with van der Waals surface area (Å²) in [6.07, 6.45) is 12.7. The first-order valence-electron chi connectivity index (χ1n) is 10.5. The molecule has 2 aromatic carbocycles. The number of hydrogen-bond donors (Lipinski definition) is 1. The number of nitrogens with zero attached hydrogens (tertiary/aromatic N) is 2. The van der Waals surface area contributed by atoms with Crippen molar-refractivity contribution >= 4 is 33.2 Å². The normalized spacial score (nSPS) is 14.6. The molecule has 0 unspecified atom stereocenters. The molecule has 1 N–H and O–H groups in total. The van der Waals surface area contributed by atoms with Crippen LogP contribution in [0.25, 0.3) is 27.2 Å². The Morgan fingerprint density at radius 1 is 0.903 bits per heavy atom. The van der Waals surface area contributed by atoms with Crippen LogP contribution in [-0.2, 0) is 6.42 Å². The molecule has 0 atom stereocenters. The third-order valence-electron chi connectivity index (χ3n) is 5.99. The molecule has 0 spiro atoms. The fourth-order valence-corrected chi connectivity index (χ4v) is 4.48. The summed E-state index contributed by atoms with van der Waals surface area (Å²) in [5, 5.41) is 12.3. The molecule has 4 nitrogen and oxygen atoms in total. The van der Waals surface area contributed by atoms with E-state index in [1.807, 2.05) is 0 Å². The number of rotatable bonds is 1. The third-order valence-corrected chi connectivity index (χ3v) is 5.99. The predicted octanol–water partition coefficient (Wildman–Crippen LogP) is 6.22. The molecule has 31 heavy (non-hydrogen) atoms. The molecule has 6 rings (SSSR count). The van der Waals surface area contributed by atoms with Crippen molar-refractivity contribution in [2.24, 2.45) is 0 Å². The Hall–Kier alpha value is -3.79. The zero-order valence-electron chi connectivity index (χ0n) is 17.1. The summed E-state index contributed by atoms with van der Waals surface area (Å²) in [6.45, 7) is 0. The van der Waals surface area contributed by atoms with Crippen LogP contribution in [0.5, 0.6) is 0 Å². The Bertz CT molecular complexity index is 1370. The van der Waals surface area contributed by atoms with Crippen molar-refractivity contribution in [3.05, 3.63) is 102 Å². The Morgan fingerprint density at radius 2 is 1.77 bits per heavy atom. The van der Waals surface area contributed by atoms with Crippen LogP contribution in [0.4, 0.5) is 0 Å². The molecule has 4 aromatic rings. The van der Waals surface area contributed by atoms with E-state index in [1.54, 1.807) is 29.5 Å². The summed E-state index contributed by atoms with van der Waals surface area (Å²) in [7, 11) is 0. The van der Waals surface area contributed by atoms with E-state index >= 15 is 0 Å². The van der Waals surface area contributed by atoms with Gasteiger partial charge in [-0.2, -0.15) is 0 Å². The second kappa shape index (κ2) is 8.15. The average molecular weight is 406 g/mol. The Labute approximate surface area is 180 Å². The van der Waals surface area contributed by atoms with Gasteiger partial charge in [0.2, 0.25) is 0 Å². The Balaban J connectivity index is 0.000000140. The molecule has 2 heterocycles. The zero-order chi connectivity index (χ0) is 21.2. The Morgan fingerprint density at radius 3 is 2.68 bits per heavy atom. The summed E-state index contributed by atoms with van der Waals surface area (Å²) < 4.78 is 0. The van der Waals surface area contributed by atoms with Gasteiger partial charge < -0.3 is 5.11 Å². The van der Waals surface area contributed by atoms with E-state index < -0.39 is 5.97 Å². The fourth-order valence-electron chi connectivity index (χ4n) is 4.48. The number of pyridine rings is 2. The van der Waals surface area contributed by atoms with Crippen molar-refractivity contribution in [2.75, 3.05) is 0 Å². The molecule has 2 aliphatic rings. The van der Waals surface area contributed by atoms with Gasteiger partial charge in [0.15, 0.2) is 0 Å². The minimum Gasteiger partial charge on any atom is -0.477 e. The summed E-state index contributed by atoms with van der Waals surface area (Å²) in [5.41, 5.74) is 6.95. The van der Waals surface area contributed by atoms with Crippen LogP contribution in [-0.4, -0.2) is 21.0 Å². The summed E-state index contributed by atoms with van der Waals surface area (Å²) in [6, 6.07) is 18.4. The molecule has 0 aliphatic heterocycles. The summed E-state index contributed by atoms with van der Waals surface area (Å²) in [4.78, 5) is 18.3. The lowest BCUT2D eigenvalue weighted by Crippen LogP contribution is -2.06. The van der Waals surface area contributed by atoms with E-state index in [0.717, 1.165) is 5.39 Å². The van der Waals surface area contributed by atoms with Crippen molar-refractivity contribution < 1.29 is 9.90 Å². The third kappa shape index (κ3) is 3.73. The molecule has 2 aliphatic carbocycles. The number of aromatic nitrogens is 2. The van der Waals surface area contributed by atoms with Crippen LogP contribution < -0.4 is 0 Å². The minimum absolute atomic E-state index is 0.0421. The predicted molar refractivity (Wildman–Crippen MR) is 124 cm³/mol. The first-order valence-corrected chi connectivity index (χ1v) is 10.5. The maximum absolute atomic E-state index is 10.6. The van der Waals surface area contributed by atoms with Gasteiger partial charge in [0.05, 0.1) is 11.7 Å². The topological polar surface area (TPSA) is 63.1 Å². The maximum atomic E-state index is 10.6. The highest BCUT2D eigenvalue weighted by atomic mass is 16.4. The first-order chi connectivity index (χ1) is 15.2. The molecular weight excluding hydrogens is 384 g/mol. The molecule has 152 valence electrons. The van der Waals surface area contributed by atoms with Gasteiger partial charge >= 0.3 is 5.97 Å². The second-order valence-electron chi connectivity index (χ2n) is 7.84. The van der Waals surface area contributed by atoms with E-state index in [-0.39, 0.29) is 5.69 Å². The van der Waals surface area contributed by atoms with Gasteiger partial charge in [0.25, 0.3) is 0 Å². The molecule has 0 saturated carbocycles. The zero-order valence-corrected chi connectivity index (χ0v) is 17.1. The van der Waals surface area contributed by atoms with Crippen LogP contribution in [0.15, 0.2) is 84.7 Å². The number of carbonyl (C=O) groups is 1. The van der Waals surface area contributed by atoms with Crippen molar-refractivity contribution in [2.45, 2.75) is 25.7 Å². The van der Waals surface area contributed by atoms with E-state index in [9.17, 15) is 4.79 Å². The van der Waals surface area contributed by atoms with Gasteiger partial charge in [0, 0.05) is 11.6 Å². The number of carboxylic acid groups (broad SMARTS) is 1. The monoisotopic (exact) mass is 406 g/mol. The van der Waals surface area contributed by atoms with E-state index in [1.165, 1.54) is 59.9 Å². The minimum atomic E-state index is -1.02. The number of allylic oxidation sites excluding steroid dienone is 4. The molecule has 0 saturated heterocycles. The number of hydrogen-bond acceptors (Lipinski definition) is 3. The van der Waals surface area contributed by atoms with E-state index in [0.29, 0.717) is 5.52 Å². The standard InChI is InChI=1S/C18H16.C9H6N2O2/c1-3-7-15-13(5-1)9-11-18-16-8-4-2-6-14(16)10-12-17(15)18;12-9(13)7-4-6-2-1-3-10-8(6)5-11-7/h1,3-5,7-9,11H,2,6,10,12H2;1-5H,(H,12,13). The molecule has 2 aromatic heterocycles. The maximum Gasteiger partial charge on any atom is 0.354 e. The van der Waals surface area contributed by atoms with Gasteiger partial charge in [-0.1, -0.05) is 60.2 Å². The number of fused-ring (bicyclic) bond motifs is 5. The van der Waals surface area contributed by atoms with Gasteiger partial charge in [-0.05, 0) is 65.3 Å². The van der Waals surface area contributed by atoms with Gasteiger partial charge in [0.1, 0.15) is 5.69 Å². The Kier molecular flexibility index (Phi) is 5.04. The van der Waals surface area contributed by atoms with Crippen LogP contribution in [0.3, 0.4) is 0 Å². The molecule has 4 heteroatoms. The van der Waals surface area contributed by atoms with Gasteiger partial charge in [-0.15, -0.1) is 0 Å². The SMILES string of the molecule is C1=CC2=C(CC1)CCc1c2ccc2ccccc12.O=C(O)c1cc2cccnc2cn1. The fraction of sp³-hybridized carbons (Fsp3) is 0.148. The molecule has 0 radical (unpaired) electrons. The lowest BCUT2D eigenvalue weighted by molar-refractivity contribution is 0.0690. The van der Waals surface area contributed by atoms with E-state index in [4.69, 9.17) is 5.11 Å². The number of aromatic carboxylic acids is 1. The van der Waals surface area contributed by atoms with Crippen LogP contribution in [0.1, 0.15) is 40.9 Å². The highest BCUT2D eigenvalue weighted by Gasteiger charge is 2.20. The number of aryl methyl sites for hydroxylation is 1. The number of carboxylic acids is 1. The average Bonchev–Trinajstić information content (AvgIpc) is 2.83. The quantitative estimate of drug-likeness (QED) is 0.408. The molecule has 0 fully saturated rings. The van der Waals surface area contributed by atoms with Crippen LogP contribution >= 0.6 is 0 Å². The smallest absolute Gasteiger partial charge is 0.354 e. The molecular formula is C27H22N2O2. The number of benzene rings is 2. The highest BCUT2D eigenvalue weighted by molar-refractivity contribution is 5.94. The van der Waals surface area contributed by atoms with Crippen LogP contribution in [0.2, 0.25) is 0 Å². The van der Waals surface area contributed by atoms with Gasteiger partial charge in [-0.3, -0.25) is 4.98 Å². The van der Waals surface area contributed by atoms with E-state index in [2.05, 4.69) is 58.5 Å². The highest BCUT2D eigenvalue weighted by Crippen LogP contribution is 2.39. The van der Waals surface area contributed by atoms with Crippen molar-refractivity contribution in [3.8, 4) is 0 Å². The summed E-state index contributed by atoms with van der Waals surface area (Å²) in [5.74, 6) is -1.02. The van der Waals surface area contributed by atoms with Gasteiger partial charge in [-0.25, -0.2) is 9.78 Å². The summed E-state index contributed by atoms with van der Waals surface area (Å²) >= 11 is 0. The van der Waals surface area contributed by atoms with Crippen molar-refractivity contribution in [1.82, 2.24) is 9.97 Å². The lowest BCUT2D eigenvalue weighted by atomic mass is 9.80.